The maximum Gasteiger partial charge on any atom is 0.232 e. The van der Waals surface area contributed by atoms with E-state index in [0.29, 0.717) is 17.6 Å². The molecule has 1 unspecified atom stereocenters. The van der Waals surface area contributed by atoms with Crippen molar-refractivity contribution in [2.24, 2.45) is 5.92 Å². The van der Waals surface area contributed by atoms with Crippen molar-refractivity contribution in [3.63, 3.8) is 0 Å². The van der Waals surface area contributed by atoms with E-state index in [1.807, 2.05) is 13.0 Å². The third-order valence-electron chi connectivity index (χ3n) is 4.71. The van der Waals surface area contributed by atoms with Crippen molar-refractivity contribution in [3.05, 3.63) is 29.3 Å². The minimum absolute atomic E-state index is 0.00875. The number of nitrogens with one attached hydrogen (secondary N) is 2. The van der Waals surface area contributed by atoms with E-state index in [1.165, 1.54) is 11.8 Å². The lowest BCUT2D eigenvalue weighted by molar-refractivity contribution is -0.122. The lowest BCUT2D eigenvalue weighted by atomic mass is 10.0. The van der Waals surface area contributed by atoms with Gasteiger partial charge in [-0.15, -0.1) is 5.10 Å². The number of aromatic nitrogens is 3. The Labute approximate surface area is 163 Å². The second-order valence-electron chi connectivity index (χ2n) is 6.43. The quantitative estimate of drug-likeness (QED) is 0.713. The van der Waals surface area contributed by atoms with Crippen LogP contribution in [0.15, 0.2) is 23.4 Å². The lowest BCUT2D eigenvalue weighted by Crippen LogP contribution is -2.29. The molecule has 0 spiro atoms. The van der Waals surface area contributed by atoms with E-state index in [-0.39, 0.29) is 18.2 Å². The van der Waals surface area contributed by atoms with Gasteiger partial charge in [0.15, 0.2) is 0 Å². The summed E-state index contributed by atoms with van der Waals surface area (Å²) in [5.41, 5.74) is 3.25. The summed E-state index contributed by atoms with van der Waals surface area (Å²) in [5, 5.41) is 10.1. The van der Waals surface area contributed by atoms with Crippen molar-refractivity contribution < 1.29 is 9.59 Å². The second-order valence-corrected chi connectivity index (χ2v) is 7.66. The predicted octanol–water partition coefficient (Wildman–Crippen LogP) is 3.03. The number of aryl methyl sites for hydroxylation is 2. The molecular weight excluding hydrogens is 362 g/mol. The van der Waals surface area contributed by atoms with E-state index >= 15 is 0 Å². The first kappa shape index (κ1) is 19.4. The molecule has 0 saturated carbocycles. The van der Waals surface area contributed by atoms with Crippen molar-refractivity contribution in [1.82, 2.24) is 15.2 Å². The van der Waals surface area contributed by atoms with Crippen molar-refractivity contribution in [2.45, 2.75) is 45.2 Å². The Morgan fingerprint density at radius 2 is 2.00 bits per heavy atom. The number of nitrogens with zero attached hydrogens (tertiary/aromatic N) is 3. The van der Waals surface area contributed by atoms with Crippen LogP contribution < -0.4 is 10.2 Å². The number of anilines is 2. The third-order valence-corrected chi connectivity index (χ3v) is 5.44. The van der Waals surface area contributed by atoms with Crippen LogP contribution in [0.4, 0.5) is 11.6 Å². The zero-order chi connectivity index (χ0) is 19.4. The van der Waals surface area contributed by atoms with Gasteiger partial charge in [0, 0.05) is 18.7 Å². The molecule has 1 aromatic heterocycles. The number of amides is 2. The summed E-state index contributed by atoms with van der Waals surface area (Å²) < 4.78 is 0. The van der Waals surface area contributed by atoms with Crippen LogP contribution in [0.25, 0.3) is 0 Å². The van der Waals surface area contributed by atoms with Gasteiger partial charge in [-0.25, -0.2) is 5.10 Å². The first-order valence-electron chi connectivity index (χ1n) is 9.34. The molecule has 0 radical (unpaired) electrons. The Hall–Kier alpha value is -2.35. The first-order chi connectivity index (χ1) is 13.1. The van der Waals surface area contributed by atoms with E-state index in [9.17, 15) is 9.59 Å². The van der Waals surface area contributed by atoms with Crippen LogP contribution >= 0.6 is 11.8 Å². The first-order valence-corrected chi connectivity index (χ1v) is 10.3. The highest BCUT2D eigenvalue weighted by Crippen LogP contribution is 2.32. The topological polar surface area (TPSA) is 91.0 Å². The lowest BCUT2D eigenvalue weighted by Gasteiger charge is -2.23. The molecule has 144 valence electrons. The van der Waals surface area contributed by atoms with Crippen molar-refractivity contribution in [2.75, 3.05) is 22.5 Å². The number of para-hydroxylation sites is 1. The van der Waals surface area contributed by atoms with Gasteiger partial charge < -0.3 is 4.90 Å². The molecule has 1 atom stereocenters. The van der Waals surface area contributed by atoms with Crippen LogP contribution in [0.3, 0.4) is 0 Å². The van der Waals surface area contributed by atoms with E-state index in [2.05, 4.69) is 46.5 Å². The van der Waals surface area contributed by atoms with Gasteiger partial charge in [0.2, 0.25) is 22.9 Å². The molecular formula is C19H25N5O2S. The Balaban J connectivity index is 1.74. The summed E-state index contributed by atoms with van der Waals surface area (Å²) >= 11 is 1.49. The summed E-state index contributed by atoms with van der Waals surface area (Å²) in [4.78, 5) is 31.3. The molecule has 1 aromatic carbocycles. The molecule has 2 aromatic rings. The summed E-state index contributed by atoms with van der Waals surface area (Å²) in [6, 6.07) is 6.13. The maximum absolute atomic E-state index is 12.7. The molecule has 7 nitrogen and oxygen atoms in total. The molecule has 0 bridgehead atoms. The SMILES string of the molecule is CCSc1n[nH]c(NC(=O)C2CC(=O)N(c3c(CC)cccc3CC)C2)n1. The largest absolute Gasteiger partial charge is 0.311 e. The number of benzene rings is 1. The Morgan fingerprint density at radius 3 is 2.63 bits per heavy atom. The van der Waals surface area contributed by atoms with E-state index in [0.717, 1.165) is 35.4 Å². The average Bonchev–Trinajstić information content (AvgIpc) is 3.27. The van der Waals surface area contributed by atoms with Crippen LogP contribution in [0.1, 0.15) is 38.3 Å². The highest BCUT2D eigenvalue weighted by molar-refractivity contribution is 7.99. The van der Waals surface area contributed by atoms with Crippen molar-refractivity contribution in [1.29, 1.82) is 0 Å². The fourth-order valence-electron chi connectivity index (χ4n) is 3.38. The minimum Gasteiger partial charge on any atom is -0.311 e. The summed E-state index contributed by atoms with van der Waals surface area (Å²) in [6.07, 6.45) is 1.90. The Kier molecular flexibility index (Phi) is 6.15. The second kappa shape index (κ2) is 8.56. The third kappa shape index (κ3) is 4.16. The van der Waals surface area contributed by atoms with Gasteiger partial charge in [-0.05, 0) is 29.7 Å². The monoisotopic (exact) mass is 387 g/mol. The fourth-order valence-corrected chi connectivity index (χ4v) is 3.90. The molecule has 27 heavy (non-hydrogen) atoms. The van der Waals surface area contributed by atoms with Gasteiger partial charge in [0.05, 0.1) is 5.92 Å². The molecule has 1 saturated heterocycles. The molecule has 1 fully saturated rings. The average molecular weight is 388 g/mol. The van der Waals surface area contributed by atoms with Gasteiger partial charge in [0.25, 0.3) is 0 Å². The number of H-pyrrole nitrogens is 1. The molecule has 2 heterocycles. The fraction of sp³-hybridized carbons (Fsp3) is 0.474. The number of carbonyl (C=O) groups excluding carboxylic acids is 2. The standard InChI is InChI=1S/C19H25N5O2S/c1-4-12-8-7-9-13(5-2)16(12)24-11-14(10-15(24)25)17(26)20-18-21-19(23-22-18)27-6-3/h7-9,14H,4-6,10-11H2,1-3H3,(H2,20,21,22,23,26). The van der Waals surface area contributed by atoms with Gasteiger partial charge in [-0.2, -0.15) is 4.98 Å². The number of aromatic amines is 1. The van der Waals surface area contributed by atoms with Gasteiger partial charge in [-0.1, -0.05) is 50.7 Å². The van der Waals surface area contributed by atoms with E-state index in [1.54, 1.807) is 4.90 Å². The van der Waals surface area contributed by atoms with Crippen LogP contribution in [0.2, 0.25) is 0 Å². The zero-order valence-corrected chi connectivity index (χ0v) is 16.7. The predicted molar refractivity (Wildman–Crippen MR) is 107 cm³/mol. The number of hydrogen-bond acceptors (Lipinski definition) is 5. The normalized spacial score (nSPS) is 16.8. The van der Waals surface area contributed by atoms with Crippen LogP contribution in [-0.2, 0) is 22.4 Å². The number of thioether (sulfide) groups is 1. The van der Waals surface area contributed by atoms with Gasteiger partial charge in [0.1, 0.15) is 0 Å². The molecule has 1 aliphatic rings. The smallest absolute Gasteiger partial charge is 0.232 e. The molecule has 3 rings (SSSR count). The van der Waals surface area contributed by atoms with Gasteiger partial charge >= 0.3 is 0 Å². The molecule has 8 heteroatoms. The highest BCUT2D eigenvalue weighted by atomic mass is 32.2. The van der Waals surface area contributed by atoms with Gasteiger partial charge in [-0.3, -0.25) is 14.9 Å². The van der Waals surface area contributed by atoms with Crippen LogP contribution in [-0.4, -0.2) is 39.3 Å². The zero-order valence-electron chi connectivity index (χ0n) is 15.9. The molecule has 2 amide bonds. The number of rotatable bonds is 7. The highest BCUT2D eigenvalue weighted by Gasteiger charge is 2.36. The Morgan fingerprint density at radius 1 is 1.30 bits per heavy atom. The van der Waals surface area contributed by atoms with Crippen molar-refractivity contribution in [3.8, 4) is 0 Å². The Bertz CT molecular complexity index is 813. The summed E-state index contributed by atoms with van der Waals surface area (Å²) in [6.45, 7) is 6.56. The molecule has 1 aliphatic heterocycles. The van der Waals surface area contributed by atoms with E-state index < -0.39 is 5.92 Å². The maximum atomic E-state index is 12.7. The van der Waals surface area contributed by atoms with Crippen LogP contribution in [0.5, 0.6) is 0 Å². The van der Waals surface area contributed by atoms with Crippen molar-refractivity contribution >= 4 is 35.2 Å². The van der Waals surface area contributed by atoms with Crippen LogP contribution in [0, 0.1) is 5.92 Å². The summed E-state index contributed by atoms with van der Waals surface area (Å²) in [5.74, 6) is 0.561. The molecule has 2 N–H and O–H groups in total. The number of hydrogen-bond donors (Lipinski definition) is 2. The minimum atomic E-state index is -0.403. The summed E-state index contributed by atoms with van der Waals surface area (Å²) in [7, 11) is 0. The van der Waals surface area contributed by atoms with E-state index in [4.69, 9.17) is 0 Å². The molecule has 0 aliphatic carbocycles. The number of carbonyl (C=O) groups is 2.